The van der Waals surface area contributed by atoms with Crippen molar-refractivity contribution in [1.29, 1.82) is 0 Å². The van der Waals surface area contributed by atoms with E-state index in [1.807, 2.05) is 0 Å². The summed E-state index contributed by atoms with van der Waals surface area (Å²) in [4.78, 5) is 14.9. The minimum Gasteiger partial charge on any atom is -0.365 e. The van der Waals surface area contributed by atoms with Crippen molar-refractivity contribution in [3.8, 4) is 0 Å². The smallest absolute Gasteiger partial charge is 0.291 e. The van der Waals surface area contributed by atoms with Crippen LogP contribution < -0.4 is 15.8 Å². The van der Waals surface area contributed by atoms with Gasteiger partial charge in [0.25, 0.3) is 5.56 Å². The van der Waals surface area contributed by atoms with E-state index in [2.05, 4.69) is 15.3 Å². The lowest BCUT2D eigenvalue weighted by Crippen LogP contribution is -2.36. The molecule has 3 heterocycles. The molecule has 2 aliphatic heterocycles. The van der Waals surface area contributed by atoms with Crippen molar-refractivity contribution >= 4 is 17.3 Å². The zero-order valence-electron chi connectivity index (χ0n) is 12.1. The Balaban J connectivity index is 1.61. The molecule has 5 nitrogen and oxygen atoms in total. The van der Waals surface area contributed by atoms with Gasteiger partial charge in [-0.3, -0.25) is 4.79 Å². The third kappa shape index (κ3) is 2.36. The third-order valence-corrected chi connectivity index (χ3v) is 5.61. The van der Waals surface area contributed by atoms with E-state index in [0.29, 0.717) is 28.5 Å². The van der Waals surface area contributed by atoms with Crippen LogP contribution in [-0.2, 0) is 6.54 Å². The summed E-state index contributed by atoms with van der Waals surface area (Å²) in [6.07, 6.45) is 5.35. The molecule has 3 fully saturated rings. The van der Waals surface area contributed by atoms with Gasteiger partial charge >= 0.3 is 0 Å². The van der Waals surface area contributed by atoms with E-state index in [-0.39, 0.29) is 5.56 Å². The van der Waals surface area contributed by atoms with Crippen LogP contribution in [-0.4, -0.2) is 36.0 Å². The molecule has 0 aromatic carbocycles. The van der Waals surface area contributed by atoms with E-state index in [1.54, 1.807) is 10.9 Å². The highest BCUT2D eigenvalue weighted by Crippen LogP contribution is 2.32. The Hall–Kier alpha value is -1.07. The Kier molecular flexibility index (Phi) is 3.42. The summed E-state index contributed by atoms with van der Waals surface area (Å²) in [6, 6.07) is 0. The van der Waals surface area contributed by atoms with Crippen molar-refractivity contribution in [3.63, 3.8) is 0 Å². The predicted octanol–water partition coefficient (Wildman–Crippen LogP) is 1.35. The fourth-order valence-corrected chi connectivity index (χ4v) is 4.08. The molecule has 1 N–H and O–H groups in total. The quantitative estimate of drug-likeness (QED) is 0.916. The van der Waals surface area contributed by atoms with Gasteiger partial charge in [-0.25, -0.2) is 4.68 Å². The van der Waals surface area contributed by atoms with Gasteiger partial charge in [-0.1, -0.05) is 18.0 Å². The summed E-state index contributed by atoms with van der Waals surface area (Å²) in [5.74, 6) is 1.91. The molecule has 1 saturated carbocycles. The van der Waals surface area contributed by atoms with Gasteiger partial charge in [-0.15, -0.1) is 0 Å². The zero-order valence-corrected chi connectivity index (χ0v) is 12.9. The maximum atomic E-state index is 12.7. The fraction of sp³-hybridized carbons (Fsp3) is 0.733. The Morgan fingerprint density at radius 1 is 1.29 bits per heavy atom. The summed E-state index contributed by atoms with van der Waals surface area (Å²) in [7, 11) is 0. The Bertz CT molecular complexity index is 586. The summed E-state index contributed by atoms with van der Waals surface area (Å²) < 4.78 is 1.62. The summed E-state index contributed by atoms with van der Waals surface area (Å²) in [5.41, 5.74) is 0.655. The largest absolute Gasteiger partial charge is 0.365 e. The number of anilines is 1. The second-order valence-corrected chi connectivity index (χ2v) is 7.12. The maximum absolute atomic E-state index is 12.7. The van der Waals surface area contributed by atoms with Crippen LogP contribution in [0.1, 0.15) is 19.3 Å². The molecule has 2 atom stereocenters. The molecule has 21 heavy (non-hydrogen) atoms. The third-order valence-electron chi connectivity index (χ3n) is 5.34. The first-order valence-electron chi connectivity index (χ1n) is 7.93. The molecule has 0 amide bonds. The molecule has 0 spiro atoms. The van der Waals surface area contributed by atoms with Gasteiger partial charge in [0.1, 0.15) is 5.69 Å². The molecule has 2 unspecified atom stereocenters. The van der Waals surface area contributed by atoms with Crippen LogP contribution in [0.25, 0.3) is 0 Å². The molecule has 0 bridgehead atoms. The molecule has 0 radical (unpaired) electrons. The fourth-order valence-electron chi connectivity index (χ4n) is 3.83. The summed E-state index contributed by atoms with van der Waals surface area (Å²) in [6.45, 7) is 4.71. The van der Waals surface area contributed by atoms with Crippen molar-refractivity contribution in [2.75, 3.05) is 31.1 Å². The predicted molar refractivity (Wildman–Crippen MR) is 82.9 cm³/mol. The zero-order chi connectivity index (χ0) is 14.4. The summed E-state index contributed by atoms with van der Waals surface area (Å²) in [5, 5.41) is 8.16. The second-order valence-electron chi connectivity index (χ2n) is 6.71. The molecule has 1 aromatic rings. The van der Waals surface area contributed by atoms with Gasteiger partial charge in [0, 0.05) is 32.7 Å². The van der Waals surface area contributed by atoms with Gasteiger partial charge in [0.2, 0.25) is 0 Å². The van der Waals surface area contributed by atoms with Crippen LogP contribution in [0.2, 0.25) is 5.02 Å². The Morgan fingerprint density at radius 3 is 2.62 bits per heavy atom. The molecule has 2 saturated heterocycles. The number of hydrogen-bond donors (Lipinski definition) is 1. The van der Waals surface area contributed by atoms with Crippen molar-refractivity contribution in [2.24, 2.45) is 17.8 Å². The molecule has 114 valence electrons. The van der Waals surface area contributed by atoms with E-state index >= 15 is 0 Å². The Labute approximate surface area is 129 Å². The molecular formula is C15H21ClN4O. The van der Waals surface area contributed by atoms with E-state index < -0.39 is 0 Å². The number of aromatic nitrogens is 2. The maximum Gasteiger partial charge on any atom is 0.291 e. The number of nitrogens with one attached hydrogen (secondary N) is 1. The Morgan fingerprint density at radius 2 is 2.00 bits per heavy atom. The van der Waals surface area contributed by atoms with Crippen LogP contribution in [0, 0.1) is 17.8 Å². The number of hydrogen-bond acceptors (Lipinski definition) is 4. The van der Waals surface area contributed by atoms with Gasteiger partial charge in [-0.05, 0) is 30.6 Å². The molecule has 1 aromatic heterocycles. The minimum atomic E-state index is -0.0117. The van der Waals surface area contributed by atoms with Crippen molar-refractivity contribution < 1.29 is 0 Å². The first-order chi connectivity index (χ1) is 10.2. The van der Waals surface area contributed by atoms with Gasteiger partial charge < -0.3 is 10.2 Å². The van der Waals surface area contributed by atoms with Crippen LogP contribution in [0.4, 0.5) is 5.69 Å². The standard InChI is InChI=1S/C15H21ClN4O/c16-13-6-18-20(7-10-2-1-3-10)15(21)14(13)19-8-11-4-17-5-12(11)9-19/h6,10-12,17H,1-5,7-9H2. The highest BCUT2D eigenvalue weighted by atomic mass is 35.5. The number of fused-ring (bicyclic) bond motifs is 1. The van der Waals surface area contributed by atoms with Crippen LogP contribution >= 0.6 is 11.6 Å². The highest BCUT2D eigenvalue weighted by Gasteiger charge is 2.38. The molecule has 4 rings (SSSR count). The minimum absolute atomic E-state index is 0.0117. The number of halogens is 1. The second kappa shape index (κ2) is 5.29. The molecule has 3 aliphatic rings. The molecule has 6 heteroatoms. The van der Waals surface area contributed by atoms with E-state index in [1.165, 1.54) is 19.3 Å². The van der Waals surface area contributed by atoms with Crippen LogP contribution in [0.15, 0.2) is 11.0 Å². The topological polar surface area (TPSA) is 50.2 Å². The van der Waals surface area contributed by atoms with E-state index in [4.69, 9.17) is 11.6 Å². The van der Waals surface area contributed by atoms with E-state index in [0.717, 1.165) is 32.7 Å². The van der Waals surface area contributed by atoms with Gasteiger partial charge in [0.15, 0.2) is 0 Å². The lowest BCUT2D eigenvalue weighted by Gasteiger charge is -2.26. The normalized spacial score (nSPS) is 28.7. The lowest BCUT2D eigenvalue weighted by molar-refractivity contribution is 0.262. The van der Waals surface area contributed by atoms with Crippen LogP contribution in [0.5, 0.6) is 0 Å². The van der Waals surface area contributed by atoms with Crippen molar-refractivity contribution in [3.05, 3.63) is 21.6 Å². The van der Waals surface area contributed by atoms with Gasteiger partial charge in [-0.2, -0.15) is 5.10 Å². The van der Waals surface area contributed by atoms with Crippen LogP contribution in [0.3, 0.4) is 0 Å². The van der Waals surface area contributed by atoms with Gasteiger partial charge in [0.05, 0.1) is 11.2 Å². The highest BCUT2D eigenvalue weighted by molar-refractivity contribution is 6.33. The van der Waals surface area contributed by atoms with E-state index in [9.17, 15) is 4.79 Å². The number of rotatable bonds is 3. The lowest BCUT2D eigenvalue weighted by atomic mass is 9.85. The first kappa shape index (κ1) is 13.6. The average Bonchev–Trinajstić information content (AvgIpc) is 2.97. The van der Waals surface area contributed by atoms with Crippen molar-refractivity contribution in [1.82, 2.24) is 15.1 Å². The molecule has 1 aliphatic carbocycles. The average molecular weight is 309 g/mol. The monoisotopic (exact) mass is 308 g/mol. The SMILES string of the molecule is O=c1c(N2CC3CNCC3C2)c(Cl)cnn1CC1CCC1. The van der Waals surface area contributed by atoms with Crippen molar-refractivity contribution in [2.45, 2.75) is 25.8 Å². The first-order valence-corrected chi connectivity index (χ1v) is 8.31. The summed E-state index contributed by atoms with van der Waals surface area (Å²) >= 11 is 6.29. The molecular weight excluding hydrogens is 288 g/mol. The number of nitrogens with zero attached hydrogens (tertiary/aromatic N) is 3.